The van der Waals surface area contributed by atoms with E-state index in [9.17, 15) is 13.2 Å². The van der Waals surface area contributed by atoms with Gasteiger partial charge in [0, 0.05) is 18.1 Å². The Kier molecular flexibility index (Phi) is 4.99. The van der Waals surface area contributed by atoms with E-state index in [1.807, 2.05) is 20.8 Å². The van der Waals surface area contributed by atoms with Crippen LogP contribution in [-0.2, 0) is 10.0 Å². The van der Waals surface area contributed by atoms with Crippen LogP contribution < -0.4 is 5.14 Å². The number of nitrogens with two attached hydrogens (primary N) is 1. The summed E-state index contributed by atoms with van der Waals surface area (Å²) >= 11 is 3.26. The molecule has 0 aliphatic heterocycles. The summed E-state index contributed by atoms with van der Waals surface area (Å²) in [5, 5.41) is 5.09. The third-order valence-electron chi connectivity index (χ3n) is 2.55. The highest BCUT2D eigenvalue weighted by Crippen LogP contribution is 2.23. The number of hydrogen-bond donors (Lipinski definition) is 1. The molecule has 0 aliphatic carbocycles. The van der Waals surface area contributed by atoms with Crippen LogP contribution in [0.15, 0.2) is 27.6 Å². The molecule has 1 amide bonds. The fourth-order valence-corrected chi connectivity index (χ4v) is 2.79. The molecule has 0 bridgehead atoms. The average molecular weight is 363 g/mol. The van der Waals surface area contributed by atoms with Crippen molar-refractivity contribution < 1.29 is 13.2 Å². The maximum atomic E-state index is 12.4. The molecule has 0 atom stereocenters. The molecular formula is C13H19BrN2O3S. The van der Waals surface area contributed by atoms with Crippen LogP contribution in [0.25, 0.3) is 0 Å². The topological polar surface area (TPSA) is 80.5 Å². The lowest BCUT2D eigenvalue weighted by molar-refractivity contribution is 0.0744. The summed E-state index contributed by atoms with van der Waals surface area (Å²) in [4.78, 5) is 13.9. The molecule has 2 N–H and O–H groups in total. The zero-order valence-corrected chi connectivity index (χ0v) is 14.4. The number of carbonyl (C=O) groups is 1. The highest BCUT2D eigenvalue weighted by atomic mass is 79.9. The Hall–Kier alpha value is -0.920. The van der Waals surface area contributed by atoms with Gasteiger partial charge in [-0.25, -0.2) is 13.6 Å². The number of amides is 1. The van der Waals surface area contributed by atoms with Crippen LogP contribution in [0, 0.1) is 5.41 Å². The lowest BCUT2D eigenvalue weighted by Crippen LogP contribution is -2.34. The van der Waals surface area contributed by atoms with Gasteiger partial charge in [-0.1, -0.05) is 20.8 Å². The summed E-state index contributed by atoms with van der Waals surface area (Å²) in [5.41, 5.74) is 0.234. The Morgan fingerprint density at radius 3 is 2.35 bits per heavy atom. The van der Waals surface area contributed by atoms with Crippen molar-refractivity contribution in [1.29, 1.82) is 0 Å². The van der Waals surface area contributed by atoms with Gasteiger partial charge in [0.1, 0.15) is 0 Å². The normalized spacial score (nSPS) is 12.3. The number of carbonyl (C=O) groups excluding carboxylic acids is 1. The fraction of sp³-hybridized carbons (Fsp3) is 0.462. The third kappa shape index (κ3) is 4.57. The maximum Gasteiger partial charge on any atom is 0.254 e. The van der Waals surface area contributed by atoms with E-state index in [1.165, 1.54) is 18.2 Å². The SMILES string of the molecule is CN(CC(C)(C)C)C(=O)c1cc(S(N)(=O)=O)ccc1Br. The molecule has 0 spiro atoms. The van der Waals surface area contributed by atoms with Crippen LogP contribution in [0.4, 0.5) is 0 Å². The highest BCUT2D eigenvalue weighted by molar-refractivity contribution is 9.10. The van der Waals surface area contributed by atoms with Crippen LogP contribution in [-0.4, -0.2) is 32.8 Å². The van der Waals surface area contributed by atoms with Crippen molar-refractivity contribution in [2.45, 2.75) is 25.7 Å². The zero-order chi connectivity index (χ0) is 15.7. The lowest BCUT2D eigenvalue weighted by Gasteiger charge is -2.27. The Bertz CT molecular complexity index is 621. The molecule has 0 heterocycles. The summed E-state index contributed by atoms with van der Waals surface area (Å²) in [6.07, 6.45) is 0. The van der Waals surface area contributed by atoms with Gasteiger partial charge >= 0.3 is 0 Å². The first-order chi connectivity index (χ1) is 8.92. The Labute approximate surface area is 128 Å². The Morgan fingerprint density at radius 2 is 1.90 bits per heavy atom. The molecule has 0 unspecified atom stereocenters. The van der Waals surface area contributed by atoms with Crippen molar-refractivity contribution in [2.75, 3.05) is 13.6 Å². The molecule has 1 aromatic carbocycles. The summed E-state index contributed by atoms with van der Waals surface area (Å²) in [5.74, 6) is -0.252. The quantitative estimate of drug-likeness (QED) is 0.894. The second-order valence-electron chi connectivity index (χ2n) is 5.91. The summed E-state index contributed by atoms with van der Waals surface area (Å²) in [6.45, 7) is 6.61. The largest absolute Gasteiger partial charge is 0.341 e. The number of halogens is 1. The minimum absolute atomic E-state index is 0.0472. The van der Waals surface area contributed by atoms with Gasteiger partial charge in [-0.05, 0) is 39.5 Å². The Morgan fingerprint density at radius 1 is 1.35 bits per heavy atom. The van der Waals surface area contributed by atoms with E-state index < -0.39 is 10.0 Å². The number of rotatable bonds is 3. The zero-order valence-electron chi connectivity index (χ0n) is 12.0. The highest BCUT2D eigenvalue weighted by Gasteiger charge is 2.22. The van der Waals surface area contributed by atoms with E-state index in [4.69, 9.17) is 5.14 Å². The molecule has 1 rings (SSSR count). The summed E-state index contributed by atoms with van der Waals surface area (Å²) in [6, 6.07) is 4.17. The van der Waals surface area contributed by atoms with Crippen molar-refractivity contribution in [2.24, 2.45) is 10.6 Å². The summed E-state index contributed by atoms with van der Waals surface area (Å²) in [7, 11) is -2.14. The van der Waals surface area contributed by atoms with Crippen LogP contribution in [0.5, 0.6) is 0 Å². The van der Waals surface area contributed by atoms with Gasteiger partial charge in [0.05, 0.1) is 10.5 Å². The average Bonchev–Trinajstić information content (AvgIpc) is 2.24. The molecule has 112 valence electrons. The predicted octanol–water partition coefficient (Wildman–Crippen LogP) is 2.21. The molecule has 0 aliphatic rings. The maximum absolute atomic E-state index is 12.4. The van der Waals surface area contributed by atoms with E-state index in [-0.39, 0.29) is 21.8 Å². The number of nitrogens with zero attached hydrogens (tertiary/aromatic N) is 1. The summed E-state index contributed by atoms with van der Waals surface area (Å²) < 4.78 is 23.2. The van der Waals surface area contributed by atoms with Crippen molar-refractivity contribution in [1.82, 2.24) is 4.90 Å². The van der Waals surface area contributed by atoms with Crippen molar-refractivity contribution in [3.8, 4) is 0 Å². The van der Waals surface area contributed by atoms with Crippen LogP contribution in [0.3, 0.4) is 0 Å². The minimum Gasteiger partial charge on any atom is -0.341 e. The number of benzene rings is 1. The molecule has 0 saturated heterocycles. The molecule has 0 aromatic heterocycles. The first-order valence-electron chi connectivity index (χ1n) is 5.99. The monoisotopic (exact) mass is 362 g/mol. The van der Waals surface area contributed by atoms with Gasteiger partial charge in [0.15, 0.2) is 0 Å². The van der Waals surface area contributed by atoms with Crippen molar-refractivity contribution in [3.05, 3.63) is 28.2 Å². The second kappa shape index (κ2) is 5.83. The first kappa shape index (κ1) is 17.1. The standard InChI is InChI=1S/C13H19BrN2O3S/c1-13(2,3)8-16(4)12(17)10-7-9(20(15,18)19)5-6-11(10)14/h5-7H,8H2,1-4H3,(H2,15,18,19). The van der Waals surface area contributed by atoms with Crippen LogP contribution in [0.2, 0.25) is 0 Å². The molecule has 7 heteroatoms. The first-order valence-corrected chi connectivity index (χ1v) is 8.33. The number of hydrogen-bond acceptors (Lipinski definition) is 3. The Balaban J connectivity index is 3.16. The van der Waals surface area contributed by atoms with Crippen molar-refractivity contribution >= 4 is 31.9 Å². The third-order valence-corrected chi connectivity index (χ3v) is 4.16. The molecule has 0 fully saturated rings. The molecule has 0 radical (unpaired) electrons. The van der Waals surface area contributed by atoms with E-state index in [1.54, 1.807) is 11.9 Å². The van der Waals surface area contributed by atoms with Crippen LogP contribution >= 0.6 is 15.9 Å². The van der Waals surface area contributed by atoms with E-state index in [2.05, 4.69) is 15.9 Å². The van der Waals surface area contributed by atoms with Crippen LogP contribution in [0.1, 0.15) is 31.1 Å². The molecule has 0 saturated carbocycles. The van der Waals surface area contributed by atoms with Gasteiger partial charge < -0.3 is 4.90 Å². The molecular weight excluding hydrogens is 344 g/mol. The van der Waals surface area contributed by atoms with Gasteiger partial charge in [0.25, 0.3) is 5.91 Å². The van der Waals surface area contributed by atoms with E-state index in [0.29, 0.717) is 11.0 Å². The molecule has 5 nitrogen and oxygen atoms in total. The number of primary sulfonamides is 1. The van der Waals surface area contributed by atoms with Gasteiger partial charge in [0.2, 0.25) is 10.0 Å². The van der Waals surface area contributed by atoms with Crippen molar-refractivity contribution in [3.63, 3.8) is 0 Å². The molecule has 1 aromatic rings. The minimum atomic E-state index is -3.83. The van der Waals surface area contributed by atoms with Gasteiger partial charge in [-0.3, -0.25) is 4.79 Å². The van der Waals surface area contributed by atoms with Gasteiger partial charge in [-0.2, -0.15) is 0 Å². The second-order valence-corrected chi connectivity index (χ2v) is 8.32. The fourth-order valence-electron chi connectivity index (χ4n) is 1.83. The van der Waals surface area contributed by atoms with E-state index >= 15 is 0 Å². The number of sulfonamides is 1. The molecule has 20 heavy (non-hydrogen) atoms. The van der Waals surface area contributed by atoms with Gasteiger partial charge in [-0.15, -0.1) is 0 Å². The lowest BCUT2D eigenvalue weighted by atomic mass is 9.96. The van der Waals surface area contributed by atoms with E-state index in [0.717, 1.165) is 0 Å². The smallest absolute Gasteiger partial charge is 0.254 e. The predicted molar refractivity (Wildman–Crippen MR) is 81.9 cm³/mol.